The van der Waals surface area contributed by atoms with Crippen molar-refractivity contribution in [1.29, 1.82) is 0 Å². The Hall–Kier alpha value is -1.86. The Morgan fingerprint density at radius 3 is 2.73 bits per heavy atom. The van der Waals surface area contributed by atoms with Crippen molar-refractivity contribution in [3.63, 3.8) is 0 Å². The minimum Gasteiger partial charge on any atom is -0.484 e. The second-order valence-electron chi connectivity index (χ2n) is 4.71. The van der Waals surface area contributed by atoms with Crippen LogP contribution in [0.1, 0.15) is 18.9 Å². The van der Waals surface area contributed by atoms with E-state index >= 15 is 0 Å². The summed E-state index contributed by atoms with van der Waals surface area (Å²) in [6.45, 7) is 7.76. The van der Waals surface area contributed by atoms with Crippen molar-refractivity contribution in [1.82, 2.24) is 10.0 Å². The first kappa shape index (κ1) is 18.2. The molecule has 0 atom stereocenters. The monoisotopic (exact) mass is 326 g/mol. The van der Waals surface area contributed by atoms with Crippen molar-refractivity contribution >= 4 is 15.9 Å². The lowest BCUT2D eigenvalue weighted by Crippen LogP contribution is -2.29. The first-order chi connectivity index (χ1) is 10.4. The summed E-state index contributed by atoms with van der Waals surface area (Å²) < 4.78 is 31.9. The average molecular weight is 326 g/mol. The third kappa shape index (κ3) is 5.50. The molecule has 0 aliphatic carbocycles. The van der Waals surface area contributed by atoms with Crippen molar-refractivity contribution < 1.29 is 17.9 Å². The van der Waals surface area contributed by atoms with Crippen LogP contribution in [-0.2, 0) is 14.8 Å². The molecule has 0 aliphatic rings. The molecular weight excluding hydrogens is 304 g/mol. The van der Waals surface area contributed by atoms with E-state index in [-0.39, 0.29) is 17.4 Å². The zero-order valence-corrected chi connectivity index (χ0v) is 13.7. The molecule has 0 radical (unpaired) electrons. The predicted molar refractivity (Wildman–Crippen MR) is 85.4 cm³/mol. The zero-order chi connectivity index (χ0) is 16.6. The van der Waals surface area contributed by atoms with Crippen LogP contribution >= 0.6 is 0 Å². The number of amides is 1. The van der Waals surface area contributed by atoms with E-state index in [9.17, 15) is 13.2 Å². The van der Waals surface area contributed by atoms with Gasteiger partial charge in [-0.15, -0.1) is 6.58 Å². The Kier molecular flexibility index (Phi) is 7.07. The molecule has 1 amide bonds. The summed E-state index contributed by atoms with van der Waals surface area (Å²) in [4.78, 5) is 11.6. The van der Waals surface area contributed by atoms with Gasteiger partial charge < -0.3 is 10.1 Å². The number of benzene rings is 1. The number of aryl methyl sites for hydroxylation is 1. The van der Waals surface area contributed by atoms with Crippen molar-refractivity contribution in [3.05, 3.63) is 36.4 Å². The third-order valence-corrected chi connectivity index (χ3v) is 4.26. The van der Waals surface area contributed by atoms with Crippen LogP contribution in [0, 0.1) is 6.92 Å². The molecule has 122 valence electrons. The lowest BCUT2D eigenvalue weighted by molar-refractivity contribution is -0.122. The predicted octanol–water partition coefficient (Wildman–Crippen LogP) is 1.36. The van der Waals surface area contributed by atoms with Crippen LogP contribution in [-0.4, -0.2) is 34.0 Å². The number of ether oxygens (including phenoxy) is 1. The van der Waals surface area contributed by atoms with Crippen LogP contribution in [0.2, 0.25) is 0 Å². The number of sulfonamides is 1. The lowest BCUT2D eigenvalue weighted by Gasteiger charge is -2.11. The molecular formula is C15H22N2O4S. The van der Waals surface area contributed by atoms with Crippen LogP contribution in [0.4, 0.5) is 0 Å². The lowest BCUT2D eigenvalue weighted by atomic mass is 10.2. The summed E-state index contributed by atoms with van der Waals surface area (Å²) in [5.74, 6) is 0.212. The minimum absolute atomic E-state index is 0.130. The van der Waals surface area contributed by atoms with Crippen LogP contribution in [0.25, 0.3) is 0 Å². The second kappa shape index (κ2) is 8.55. The fourth-order valence-corrected chi connectivity index (χ4v) is 2.87. The van der Waals surface area contributed by atoms with E-state index in [0.717, 1.165) is 6.42 Å². The van der Waals surface area contributed by atoms with Crippen molar-refractivity contribution in [2.45, 2.75) is 25.2 Å². The third-order valence-electron chi connectivity index (χ3n) is 2.80. The molecule has 22 heavy (non-hydrogen) atoms. The number of carbonyl (C=O) groups is 1. The maximum atomic E-state index is 12.0. The Labute approximate surface area is 131 Å². The van der Waals surface area contributed by atoms with Crippen molar-refractivity contribution in [2.24, 2.45) is 0 Å². The maximum Gasteiger partial charge on any atom is 0.258 e. The highest BCUT2D eigenvalue weighted by Crippen LogP contribution is 2.21. The Balaban J connectivity index is 2.73. The van der Waals surface area contributed by atoms with E-state index in [1.54, 1.807) is 19.1 Å². The molecule has 0 saturated carbocycles. The SMILES string of the molecule is C=CCNC(=O)COc1ccc(S(=O)(=O)NCCC)cc1C. The molecule has 1 aromatic rings. The molecule has 0 aromatic heterocycles. The Morgan fingerprint density at radius 2 is 2.14 bits per heavy atom. The first-order valence-corrected chi connectivity index (χ1v) is 8.49. The van der Waals surface area contributed by atoms with E-state index in [0.29, 0.717) is 24.4 Å². The van der Waals surface area contributed by atoms with Gasteiger partial charge in [-0.05, 0) is 37.1 Å². The van der Waals surface area contributed by atoms with E-state index < -0.39 is 10.0 Å². The number of rotatable bonds is 9. The summed E-state index contributed by atoms with van der Waals surface area (Å²) in [5.41, 5.74) is 0.649. The summed E-state index contributed by atoms with van der Waals surface area (Å²) in [7, 11) is -3.50. The highest BCUT2D eigenvalue weighted by molar-refractivity contribution is 7.89. The molecule has 0 bridgehead atoms. The molecule has 2 N–H and O–H groups in total. The average Bonchev–Trinajstić information content (AvgIpc) is 2.49. The molecule has 7 heteroatoms. The van der Waals surface area contributed by atoms with Crippen LogP contribution in [0.15, 0.2) is 35.7 Å². The molecule has 0 fully saturated rings. The standard InChI is InChI=1S/C15H22N2O4S/c1-4-8-16-15(18)11-21-14-7-6-13(10-12(14)3)22(19,20)17-9-5-2/h4,6-7,10,17H,1,5,8-9,11H2,2-3H3,(H,16,18). The molecule has 0 aliphatic heterocycles. The number of carbonyl (C=O) groups excluding carboxylic acids is 1. The van der Waals surface area contributed by atoms with Crippen LogP contribution in [0.5, 0.6) is 5.75 Å². The van der Waals surface area contributed by atoms with Gasteiger partial charge in [0.15, 0.2) is 6.61 Å². The van der Waals surface area contributed by atoms with E-state index in [2.05, 4.69) is 16.6 Å². The number of nitrogens with one attached hydrogen (secondary N) is 2. The minimum atomic E-state index is -3.50. The van der Waals surface area contributed by atoms with E-state index in [1.165, 1.54) is 12.1 Å². The van der Waals surface area contributed by atoms with Gasteiger partial charge in [0.1, 0.15) is 5.75 Å². The van der Waals surface area contributed by atoms with Crippen LogP contribution < -0.4 is 14.8 Å². The quantitative estimate of drug-likeness (QED) is 0.671. The molecule has 0 unspecified atom stereocenters. The topological polar surface area (TPSA) is 84.5 Å². The fourth-order valence-electron chi connectivity index (χ4n) is 1.65. The number of hydrogen-bond acceptors (Lipinski definition) is 4. The maximum absolute atomic E-state index is 12.0. The van der Waals surface area contributed by atoms with E-state index in [4.69, 9.17) is 4.74 Å². The van der Waals surface area contributed by atoms with Gasteiger partial charge >= 0.3 is 0 Å². The summed E-state index contributed by atoms with van der Waals surface area (Å²) in [6.07, 6.45) is 2.30. The smallest absolute Gasteiger partial charge is 0.258 e. The fraction of sp³-hybridized carbons (Fsp3) is 0.400. The molecule has 1 rings (SSSR count). The Bertz CT molecular complexity index is 626. The normalized spacial score (nSPS) is 11.0. The second-order valence-corrected chi connectivity index (χ2v) is 6.47. The van der Waals surface area contributed by atoms with Gasteiger partial charge in [-0.25, -0.2) is 13.1 Å². The largest absolute Gasteiger partial charge is 0.484 e. The van der Waals surface area contributed by atoms with Crippen molar-refractivity contribution in [2.75, 3.05) is 19.7 Å². The van der Waals surface area contributed by atoms with Gasteiger partial charge in [0.25, 0.3) is 5.91 Å². The number of hydrogen-bond donors (Lipinski definition) is 2. The van der Waals surface area contributed by atoms with Crippen molar-refractivity contribution in [3.8, 4) is 5.75 Å². The summed E-state index contributed by atoms with van der Waals surface area (Å²) in [6, 6.07) is 4.54. The zero-order valence-electron chi connectivity index (χ0n) is 12.9. The first-order valence-electron chi connectivity index (χ1n) is 7.01. The molecule has 6 nitrogen and oxygen atoms in total. The van der Waals surface area contributed by atoms with Gasteiger partial charge in [-0.1, -0.05) is 13.0 Å². The van der Waals surface area contributed by atoms with Gasteiger partial charge in [-0.3, -0.25) is 4.79 Å². The highest BCUT2D eigenvalue weighted by Gasteiger charge is 2.14. The summed E-state index contributed by atoms with van der Waals surface area (Å²) >= 11 is 0. The highest BCUT2D eigenvalue weighted by atomic mass is 32.2. The molecule has 0 heterocycles. The molecule has 0 saturated heterocycles. The molecule has 0 spiro atoms. The Morgan fingerprint density at radius 1 is 1.41 bits per heavy atom. The van der Waals surface area contributed by atoms with Gasteiger partial charge in [0.05, 0.1) is 4.90 Å². The van der Waals surface area contributed by atoms with Gasteiger partial charge in [0, 0.05) is 13.1 Å². The van der Waals surface area contributed by atoms with Gasteiger partial charge in [0.2, 0.25) is 10.0 Å². The summed E-state index contributed by atoms with van der Waals surface area (Å²) in [5, 5.41) is 2.59. The molecule has 1 aromatic carbocycles. The van der Waals surface area contributed by atoms with E-state index in [1.807, 2.05) is 6.92 Å². The van der Waals surface area contributed by atoms with Gasteiger partial charge in [-0.2, -0.15) is 0 Å². The van der Waals surface area contributed by atoms with Crippen LogP contribution in [0.3, 0.4) is 0 Å².